The summed E-state index contributed by atoms with van der Waals surface area (Å²) in [6, 6.07) is 5.44. The Kier molecular flexibility index (Phi) is 5.20. The Hall–Kier alpha value is -1.59. The van der Waals surface area contributed by atoms with Gasteiger partial charge in [0.2, 0.25) is 0 Å². The van der Waals surface area contributed by atoms with E-state index in [1.54, 1.807) is 31.4 Å². The average Bonchev–Trinajstić information content (AvgIpc) is 2.93. The quantitative estimate of drug-likeness (QED) is 0.879. The summed E-state index contributed by atoms with van der Waals surface area (Å²) in [4.78, 5) is 4.54. The predicted molar refractivity (Wildman–Crippen MR) is 84.2 cm³/mol. The molecule has 2 aromatic rings. The Balaban J connectivity index is 2.08. The number of nitrogens with zero attached hydrogens (tertiary/aromatic N) is 1. The zero-order valence-corrected chi connectivity index (χ0v) is 13.6. The first-order valence-electron chi connectivity index (χ1n) is 6.94. The van der Waals surface area contributed by atoms with Crippen LogP contribution in [0.5, 0.6) is 11.5 Å². The van der Waals surface area contributed by atoms with Crippen molar-refractivity contribution in [2.24, 2.45) is 0 Å². The van der Waals surface area contributed by atoms with Crippen LogP contribution in [0.2, 0.25) is 0 Å². The second kappa shape index (κ2) is 6.91. The summed E-state index contributed by atoms with van der Waals surface area (Å²) in [5.74, 6) is 1.71. The van der Waals surface area contributed by atoms with E-state index in [0.717, 1.165) is 16.3 Å². The molecule has 1 N–H and O–H groups in total. The number of benzene rings is 1. The third-order valence-corrected chi connectivity index (χ3v) is 4.30. The van der Waals surface area contributed by atoms with Crippen LogP contribution in [0.4, 0.5) is 0 Å². The Labute approximate surface area is 129 Å². The Morgan fingerprint density at radius 1 is 1.24 bits per heavy atom. The molecule has 0 aliphatic rings. The topological polar surface area (TPSA) is 51.6 Å². The first-order valence-corrected chi connectivity index (χ1v) is 7.82. The van der Waals surface area contributed by atoms with Gasteiger partial charge in [-0.3, -0.25) is 0 Å². The molecule has 0 radical (unpaired) electrons. The lowest BCUT2D eigenvalue weighted by molar-refractivity contribution is 0.198. The highest BCUT2D eigenvalue weighted by Crippen LogP contribution is 2.31. The molecule has 0 saturated heterocycles. The van der Waals surface area contributed by atoms with Crippen LogP contribution < -0.4 is 9.47 Å². The molecule has 0 saturated carbocycles. The summed E-state index contributed by atoms with van der Waals surface area (Å²) in [5.41, 5.74) is 1.72. The fourth-order valence-electron chi connectivity index (χ4n) is 1.87. The van der Waals surface area contributed by atoms with Crippen LogP contribution in [-0.2, 0) is 6.61 Å². The smallest absolute Gasteiger partial charge is 0.161 e. The third kappa shape index (κ3) is 3.95. The van der Waals surface area contributed by atoms with Gasteiger partial charge in [-0.15, -0.1) is 11.3 Å². The molecule has 0 aliphatic heterocycles. The maximum Gasteiger partial charge on any atom is 0.161 e. The number of aliphatic hydroxyl groups excluding tert-OH is 1. The minimum atomic E-state index is -0.528. The van der Waals surface area contributed by atoms with Crippen LogP contribution in [0, 0.1) is 0 Å². The number of thiazole rings is 1. The van der Waals surface area contributed by atoms with Crippen LogP contribution in [0.1, 0.15) is 49.1 Å². The highest BCUT2D eigenvalue weighted by atomic mass is 32.1. The molecule has 0 spiro atoms. The lowest BCUT2D eigenvalue weighted by Crippen LogP contribution is -2.00. The van der Waals surface area contributed by atoms with Crippen molar-refractivity contribution in [2.75, 3.05) is 7.11 Å². The molecule has 1 unspecified atom stereocenters. The van der Waals surface area contributed by atoms with Crippen molar-refractivity contribution in [1.82, 2.24) is 4.98 Å². The molecule has 4 nitrogen and oxygen atoms in total. The van der Waals surface area contributed by atoms with Crippen LogP contribution in [0.15, 0.2) is 23.6 Å². The summed E-state index contributed by atoms with van der Waals surface area (Å²) >= 11 is 1.65. The number of aromatic nitrogens is 1. The lowest BCUT2D eigenvalue weighted by Gasteiger charge is -2.12. The van der Waals surface area contributed by atoms with Crippen LogP contribution in [0.3, 0.4) is 0 Å². The van der Waals surface area contributed by atoms with E-state index in [-0.39, 0.29) is 0 Å². The normalized spacial score (nSPS) is 12.5. The van der Waals surface area contributed by atoms with Gasteiger partial charge in [0.05, 0.1) is 23.9 Å². The minimum Gasteiger partial charge on any atom is -0.493 e. The Bertz CT molecular complexity index is 593. The molecule has 0 aliphatic carbocycles. The van der Waals surface area contributed by atoms with Gasteiger partial charge in [0, 0.05) is 11.3 Å². The summed E-state index contributed by atoms with van der Waals surface area (Å²) in [6.45, 7) is 6.38. The summed E-state index contributed by atoms with van der Waals surface area (Å²) in [6.07, 6.45) is -0.528. The van der Waals surface area contributed by atoms with Crippen LogP contribution in [0.25, 0.3) is 0 Å². The summed E-state index contributed by atoms with van der Waals surface area (Å²) in [5, 5.41) is 12.7. The Morgan fingerprint density at radius 2 is 2.00 bits per heavy atom. The van der Waals surface area contributed by atoms with Crippen molar-refractivity contribution < 1.29 is 14.6 Å². The maximum atomic E-state index is 9.59. The number of methoxy groups -OCH3 is 1. The van der Waals surface area contributed by atoms with Crippen LogP contribution in [-0.4, -0.2) is 17.2 Å². The molecule has 5 heteroatoms. The fourth-order valence-corrected chi connectivity index (χ4v) is 2.69. The van der Waals surface area contributed by atoms with Crippen LogP contribution >= 0.6 is 11.3 Å². The van der Waals surface area contributed by atoms with E-state index in [9.17, 15) is 5.11 Å². The summed E-state index contributed by atoms with van der Waals surface area (Å²) < 4.78 is 11.1. The third-order valence-electron chi connectivity index (χ3n) is 3.11. The predicted octanol–water partition coefficient (Wildman–Crippen LogP) is 3.91. The van der Waals surface area contributed by atoms with Gasteiger partial charge in [0.15, 0.2) is 11.5 Å². The van der Waals surface area contributed by atoms with Gasteiger partial charge in [-0.1, -0.05) is 19.9 Å². The average molecular weight is 307 g/mol. The monoisotopic (exact) mass is 307 g/mol. The van der Waals surface area contributed by atoms with Gasteiger partial charge < -0.3 is 14.6 Å². The number of ether oxygens (including phenoxy) is 2. The van der Waals surface area contributed by atoms with E-state index in [1.807, 2.05) is 17.5 Å². The highest BCUT2D eigenvalue weighted by Gasteiger charge is 2.10. The number of rotatable bonds is 6. The minimum absolute atomic E-state index is 0.410. The number of aliphatic hydroxyl groups is 1. The van der Waals surface area contributed by atoms with Crippen molar-refractivity contribution in [2.45, 2.75) is 39.4 Å². The fraction of sp³-hybridized carbons (Fsp3) is 0.438. The first kappa shape index (κ1) is 15.8. The van der Waals surface area contributed by atoms with Crippen molar-refractivity contribution in [1.29, 1.82) is 0 Å². The molecule has 0 fully saturated rings. The maximum absolute atomic E-state index is 9.59. The molecule has 114 valence electrons. The SMILES string of the molecule is COc1cc(C(C)O)ccc1OCc1csc(C(C)C)n1. The molecule has 21 heavy (non-hydrogen) atoms. The Morgan fingerprint density at radius 3 is 2.57 bits per heavy atom. The van der Waals surface area contributed by atoms with Crippen molar-refractivity contribution in [3.63, 3.8) is 0 Å². The summed E-state index contributed by atoms with van der Waals surface area (Å²) in [7, 11) is 1.59. The van der Waals surface area contributed by atoms with E-state index in [1.165, 1.54) is 0 Å². The molecule has 0 amide bonds. The van der Waals surface area contributed by atoms with E-state index < -0.39 is 6.10 Å². The van der Waals surface area contributed by atoms with Crippen molar-refractivity contribution >= 4 is 11.3 Å². The highest BCUT2D eigenvalue weighted by molar-refractivity contribution is 7.09. The number of hydrogen-bond donors (Lipinski definition) is 1. The van der Waals surface area contributed by atoms with Gasteiger partial charge in [-0.05, 0) is 24.6 Å². The molecule has 1 atom stereocenters. The zero-order chi connectivity index (χ0) is 15.4. The standard InChI is InChI=1S/C16H21NO3S/c1-10(2)16-17-13(9-21-16)8-20-14-6-5-12(11(3)18)7-15(14)19-4/h5-7,9-11,18H,8H2,1-4H3. The van der Waals surface area contributed by atoms with Gasteiger partial charge >= 0.3 is 0 Å². The van der Waals surface area contributed by atoms with Gasteiger partial charge in [-0.2, -0.15) is 0 Å². The van der Waals surface area contributed by atoms with Gasteiger partial charge in [0.1, 0.15) is 6.61 Å². The molecule has 1 aromatic carbocycles. The number of hydrogen-bond acceptors (Lipinski definition) is 5. The van der Waals surface area contributed by atoms with E-state index >= 15 is 0 Å². The molecule has 1 heterocycles. The molecular formula is C16H21NO3S. The molecular weight excluding hydrogens is 286 g/mol. The second-order valence-corrected chi connectivity index (χ2v) is 6.10. The zero-order valence-electron chi connectivity index (χ0n) is 12.8. The van der Waals surface area contributed by atoms with E-state index in [4.69, 9.17) is 9.47 Å². The van der Waals surface area contributed by atoms with Crippen molar-refractivity contribution in [3.05, 3.63) is 39.8 Å². The first-order chi connectivity index (χ1) is 10.0. The van der Waals surface area contributed by atoms with Gasteiger partial charge in [-0.25, -0.2) is 4.98 Å². The van der Waals surface area contributed by atoms with E-state index in [0.29, 0.717) is 24.0 Å². The van der Waals surface area contributed by atoms with Gasteiger partial charge in [0.25, 0.3) is 0 Å². The lowest BCUT2D eigenvalue weighted by atomic mass is 10.1. The largest absolute Gasteiger partial charge is 0.493 e. The van der Waals surface area contributed by atoms with E-state index in [2.05, 4.69) is 18.8 Å². The molecule has 0 bridgehead atoms. The molecule has 2 rings (SSSR count). The molecule has 1 aromatic heterocycles. The van der Waals surface area contributed by atoms with Crippen molar-refractivity contribution in [3.8, 4) is 11.5 Å². The second-order valence-electron chi connectivity index (χ2n) is 5.21.